The second-order valence-corrected chi connectivity index (χ2v) is 3.16. The fourth-order valence-corrected chi connectivity index (χ4v) is 1.21. The fraction of sp³-hybridized carbons (Fsp3) is 0.500. The Balaban J connectivity index is 0.000000980. The van der Waals surface area contributed by atoms with Crippen molar-refractivity contribution in [2.45, 2.75) is 25.0 Å². The van der Waals surface area contributed by atoms with E-state index in [2.05, 4.69) is 9.97 Å². The van der Waals surface area contributed by atoms with E-state index in [1.54, 1.807) is 0 Å². The largest absolute Gasteiger partial charge is 0.460 e. The zero-order valence-corrected chi connectivity index (χ0v) is 8.21. The molecule has 1 aromatic rings. The van der Waals surface area contributed by atoms with Gasteiger partial charge in [-0.15, -0.1) is 12.4 Å². The Morgan fingerprint density at radius 3 is 2.43 bits per heavy atom. The average Bonchev–Trinajstić information content (AvgIpc) is 2.06. The molecule has 1 aliphatic carbocycles. The maximum atomic E-state index is 12.4. The van der Waals surface area contributed by atoms with Gasteiger partial charge in [0.1, 0.15) is 6.10 Å². The Morgan fingerprint density at radius 1 is 1.36 bits per heavy atom. The van der Waals surface area contributed by atoms with E-state index < -0.39 is 5.82 Å². The van der Waals surface area contributed by atoms with Crippen LogP contribution in [0, 0.1) is 5.82 Å². The van der Waals surface area contributed by atoms with Crippen molar-refractivity contribution in [3.63, 3.8) is 0 Å². The van der Waals surface area contributed by atoms with Crippen molar-refractivity contribution in [3.8, 4) is 6.01 Å². The quantitative estimate of drug-likeness (QED) is 0.803. The van der Waals surface area contributed by atoms with Gasteiger partial charge < -0.3 is 10.5 Å². The van der Waals surface area contributed by atoms with Crippen molar-refractivity contribution in [2.24, 2.45) is 5.73 Å². The lowest BCUT2D eigenvalue weighted by Crippen LogP contribution is -2.43. The highest BCUT2D eigenvalue weighted by atomic mass is 35.5. The first-order valence-electron chi connectivity index (χ1n) is 4.14. The molecule has 0 saturated heterocycles. The van der Waals surface area contributed by atoms with Crippen LogP contribution in [0.15, 0.2) is 12.4 Å². The van der Waals surface area contributed by atoms with E-state index in [-0.39, 0.29) is 30.6 Å². The van der Waals surface area contributed by atoms with Gasteiger partial charge in [-0.25, -0.2) is 14.4 Å². The predicted molar refractivity (Wildman–Crippen MR) is 50.9 cm³/mol. The van der Waals surface area contributed by atoms with Crippen LogP contribution >= 0.6 is 12.4 Å². The number of ether oxygens (including phenoxy) is 1. The molecular formula is C8H11ClFN3O. The zero-order chi connectivity index (χ0) is 9.26. The van der Waals surface area contributed by atoms with Crippen molar-refractivity contribution in [1.82, 2.24) is 9.97 Å². The van der Waals surface area contributed by atoms with E-state index >= 15 is 0 Å². The van der Waals surface area contributed by atoms with Gasteiger partial charge in [-0.05, 0) is 12.8 Å². The van der Waals surface area contributed by atoms with Gasteiger partial charge in [0, 0.05) is 6.04 Å². The Morgan fingerprint density at radius 2 is 1.93 bits per heavy atom. The van der Waals surface area contributed by atoms with E-state index in [0.29, 0.717) is 0 Å². The average molecular weight is 220 g/mol. The maximum absolute atomic E-state index is 12.4. The monoisotopic (exact) mass is 219 g/mol. The SMILES string of the molecule is Cl.NC1CC(Oc2ncc(F)cn2)C1. The summed E-state index contributed by atoms with van der Waals surface area (Å²) >= 11 is 0. The summed E-state index contributed by atoms with van der Waals surface area (Å²) < 4.78 is 17.7. The summed E-state index contributed by atoms with van der Waals surface area (Å²) in [6, 6.07) is 0.448. The van der Waals surface area contributed by atoms with E-state index in [1.807, 2.05) is 0 Å². The Kier molecular flexibility index (Phi) is 3.60. The third-order valence-electron chi connectivity index (χ3n) is 2.00. The molecule has 14 heavy (non-hydrogen) atoms. The van der Waals surface area contributed by atoms with Gasteiger partial charge in [-0.3, -0.25) is 0 Å². The topological polar surface area (TPSA) is 61.0 Å². The minimum Gasteiger partial charge on any atom is -0.460 e. The molecule has 1 aliphatic rings. The summed E-state index contributed by atoms with van der Waals surface area (Å²) in [4.78, 5) is 7.35. The molecule has 1 aromatic heterocycles. The van der Waals surface area contributed by atoms with E-state index in [4.69, 9.17) is 10.5 Å². The normalized spacial score (nSPS) is 24.7. The first-order chi connectivity index (χ1) is 6.24. The Bertz CT molecular complexity index is 289. The molecule has 1 fully saturated rings. The van der Waals surface area contributed by atoms with Gasteiger partial charge in [0.05, 0.1) is 12.4 Å². The minimum absolute atomic E-state index is 0. The summed E-state index contributed by atoms with van der Waals surface area (Å²) in [6.45, 7) is 0. The number of halogens is 2. The second-order valence-electron chi connectivity index (χ2n) is 3.16. The predicted octanol–water partition coefficient (Wildman–Crippen LogP) is 0.906. The molecule has 1 heterocycles. The molecule has 0 aromatic carbocycles. The van der Waals surface area contributed by atoms with Crippen molar-refractivity contribution < 1.29 is 9.13 Å². The Hall–Kier alpha value is -0.940. The highest BCUT2D eigenvalue weighted by Gasteiger charge is 2.28. The lowest BCUT2D eigenvalue weighted by Gasteiger charge is -2.31. The first-order valence-corrected chi connectivity index (χ1v) is 4.14. The Labute approximate surface area is 87.1 Å². The summed E-state index contributed by atoms with van der Waals surface area (Å²) in [7, 11) is 0. The highest BCUT2D eigenvalue weighted by Crippen LogP contribution is 2.21. The van der Waals surface area contributed by atoms with Crippen LogP contribution in [0.4, 0.5) is 4.39 Å². The highest BCUT2D eigenvalue weighted by molar-refractivity contribution is 5.85. The molecule has 0 radical (unpaired) electrons. The van der Waals surface area contributed by atoms with Crippen LogP contribution in [0.1, 0.15) is 12.8 Å². The van der Waals surface area contributed by atoms with Gasteiger partial charge in [0.25, 0.3) is 0 Å². The number of rotatable bonds is 2. The van der Waals surface area contributed by atoms with Gasteiger partial charge in [-0.1, -0.05) is 0 Å². The molecule has 0 bridgehead atoms. The number of nitrogens with two attached hydrogens (primary N) is 1. The number of hydrogen-bond donors (Lipinski definition) is 1. The molecular weight excluding hydrogens is 209 g/mol. The van der Waals surface area contributed by atoms with E-state index in [0.717, 1.165) is 25.2 Å². The third-order valence-corrected chi connectivity index (χ3v) is 2.00. The second kappa shape index (κ2) is 4.52. The maximum Gasteiger partial charge on any atom is 0.316 e. The smallest absolute Gasteiger partial charge is 0.316 e. The molecule has 0 atom stereocenters. The van der Waals surface area contributed by atoms with Crippen LogP contribution in [0.3, 0.4) is 0 Å². The molecule has 0 spiro atoms. The number of aromatic nitrogens is 2. The van der Waals surface area contributed by atoms with Crippen molar-refractivity contribution >= 4 is 12.4 Å². The number of nitrogens with zero attached hydrogens (tertiary/aromatic N) is 2. The first kappa shape index (κ1) is 11.1. The molecule has 78 valence electrons. The van der Waals surface area contributed by atoms with Crippen LogP contribution in [0.5, 0.6) is 6.01 Å². The molecule has 1 saturated carbocycles. The van der Waals surface area contributed by atoms with Crippen molar-refractivity contribution in [1.29, 1.82) is 0 Å². The lowest BCUT2D eigenvalue weighted by atomic mass is 9.90. The lowest BCUT2D eigenvalue weighted by molar-refractivity contribution is 0.0901. The van der Waals surface area contributed by atoms with Crippen LogP contribution in [0.2, 0.25) is 0 Å². The van der Waals surface area contributed by atoms with E-state index in [1.165, 1.54) is 0 Å². The summed E-state index contributed by atoms with van der Waals surface area (Å²) in [5.41, 5.74) is 5.57. The van der Waals surface area contributed by atoms with Crippen LogP contribution in [-0.2, 0) is 0 Å². The van der Waals surface area contributed by atoms with Crippen LogP contribution in [-0.4, -0.2) is 22.1 Å². The standard InChI is InChI=1S/C8H10FN3O.ClH/c9-5-3-11-8(12-4-5)13-7-1-6(10)2-7;/h3-4,6-7H,1-2,10H2;1H. The van der Waals surface area contributed by atoms with Crippen LogP contribution < -0.4 is 10.5 Å². The van der Waals surface area contributed by atoms with Gasteiger partial charge in [-0.2, -0.15) is 0 Å². The van der Waals surface area contributed by atoms with E-state index in [9.17, 15) is 4.39 Å². The number of hydrogen-bond acceptors (Lipinski definition) is 4. The molecule has 0 unspecified atom stereocenters. The van der Waals surface area contributed by atoms with Gasteiger partial charge in [0.2, 0.25) is 0 Å². The van der Waals surface area contributed by atoms with Gasteiger partial charge >= 0.3 is 6.01 Å². The molecule has 2 N–H and O–H groups in total. The summed E-state index contributed by atoms with van der Waals surface area (Å²) in [5, 5.41) is 0. The zero-order valence-electron chi connectivity index (χ0n) is 7.39. The van der Waals surface area contributed by atoms with Crippen LogP contribution in [0.25, 0.3) is 0 Å². The molecule has 0 aliphatic heterocycles. The minimum atomic E-state index is -0.460. The molecule has 6 heteroatoms. The summed E-state index contributed by atoms with van der Waals surface area (Å²) in [6.07, 6.45) is 3.91. The summed E-state index contributed by atoms with van der Waals surface area (Å²) in [5.74, 6) is -0.460. The molecule has 4 nitrogen and oxygen atoms in total. The molecule has 2 rings (SSSR count). The third kappa shape index (κ3) is 2.52. The fourth-order valence-electron chi connectivity index (χ4n) is 1.21. The van der Waals surface area contributed by atoms with Crippen molar-refractivity contribution in [3.05, 3.63) is 18.2 Å². The van der Waals surface area contributed by atoms with Crippen molar-refractivity contribution in [2.75, 3.05) is 0 Å². The molecule has 0 amide bonds. The van der Waals surface area contributed by atoms with Gasteiger partial charge in [0.15, 0.2) is 5.82 Å².